The highest BCUT2D eigenvalue weighted by Crippen LogP contribution is 2.38. The highest BCUT2D eigenvalue weighted by Gasteiger charge is 2.19. The molecule has 0 aromatic heterocycles. The maximum atomic E-state index is 11.0. The summed E-state index contributed by atoms with van der Waals surface area (Å²) in [5.41, 5.74) is 6.44. The molecule has 0 aliphatic heterocycles. The van der Waals surface area contributed by atoms with Gasteiger partial charge in [0.1, 0.15) is 5.75 Å². The first-order chi connectivity index (χ1) is 9.88. The van der Waals surface area contributed by atoms with Crippen LogP contribution in [0.3, 0.4) is 0 Å². The molecule has 2 aromatic carbocycles. The fourth-order valence-electron chi connectivity index (χ4n) is 1.71. The van der Waals surface area contributed by atoms with Crippen molar-refractivity contribution in [3.05, 3.63) is 62.1 Å². The summed E-state index contributed by atoms with van der Waals surface area (Å²) >= 11 is 11.7. The third kappa shape index (κ3) is 3.64. The summed E-state index contributed by atoms with van der Waals surface area (Å²) in [6, 6.07) is 9.35. The van der Waals surface area contributed by atoms with E-state index in [0.717, 1.165) is 11.6 Å². The molecule has 0 unspecified atom stereocenters. The highest BCUT2D eigenvalue weighted by atomic mass is 35.5. The van der Waals surface area contributed by atoms with Crippen molar-refractivity contribution < 1.29 is 9.66 Å². The molecule has 0 radical (unpaired) electrons. The third-order valence-electron chi connectivity index (χ3n) is 2.83. The summed E-state index contributed by atoms with van der Waals surface area (Å²) in [6.45, 7) is 1.86. The van der Waals surface area contributed by atoms with Crippen LogP contribution in [0.15, 0.2) is 36.4 Å². The van der Waals surface area contributed by atoms with E-state index in [9.17, 15) is 10.1 Å². The smallest absolute Gasteiger partial charge is 0.313 e. The van der Waals surface area contributed by atoms with Gasteiger partial charge in [-0.15, -0.1) is 0 Å². The Morgan fingerprint density at radius 3 is 2.29 bits per heavy atom. The van der Waals surface area contributed by atoms with Crippen molar-refractivity contribution in [1.29, 1.82) is 0 Å². The zero-order valence-corrected chi connectivity index (χ0v) is 12.6. The van der Waals surface area contributed by atoms with Gasteiger partial charge in [0.15, 0.2) is 0 Å². The van der Waals surface area contributed by atoms with E-state index in [-0.39, 0.29) is 27.5 Å². The minimum Gasteiger partial charge on any atom is -0.450 e. The number of benzene rings is 2. The van der Waals surface area contributed by atoms with Crippen LogP contribution >= 0.6 is 23.2 Å². The molecule has 0 amide bonds. The van der Waals surface area contributed by atoms with Crippen LogP contribution in [0.25, 0.3) is 0 Å². The highest BCUT2D eigenvalue weighted by molar-refractivity contribution is 6.42. The van der Waals surface area contributed by atoms with Gasteiger partial charge in [0.2, 0.25) is 5.75 Å². The van der Waals surface area contributed by atoms with Gasteiger partial charge in [-0.25, -0.2) is 0 Å². The molecule has 0 aliphatic carbocycles. The molecule has 0 aliphatic rings. The Hall–Kier alpha value is -1.82. The first-order valence-corrected chi connectivity index (χ1v) is 6.81. The van der Waals surface area contributed by atoms with Gasteiger partial charge in [-0.05, 0) is 24.6 Å². The number of nitro groups is 1. The number of nitrogens with two attached hydrogens (primary N) is 1. The van der Waals surface area contributed by atoms with Crippen molar-refractivity contribution in [2.24, 2.45) is 5.73 Å². The zero-order valence-electron chi connectivity index (χ0n) is 11.0. The van der Waals surface area contributed by atoms with Crippen LogP contribution in [0.2, 0.25) is 10.0 Å². The fraction of sp³-hybridized carbons (Fsp3) is 0.143. The van der Waals surface area contributed by atoms with E-state index in [4.69, 9.17) is 33.7 Å². The van der Waals surface area contributed by atoms with Crippen molar-refractivity contribution in [1.82, 2.24) is 0 Å². The molecule has 0 saturated carbocycles. The summed E-state index contributed by atoms with van der Waals surface area (Å²) < 4.78 is 5.52. The van der Waals surface area contributed by atoms with Crippen LogP contribution in [0.1, 0.15) is 18.5 Å². The standard InChI is InChI=1S/C14H12Cl2N2O3/c1-8(17)9-2-4-10(5-3-9)21-14-7-12(16)11(15)6-13(14)18(19)20/h2-8H,17H2,1H3/t8-/m1/s1. The van der Waals surface area contributed by atoms with Gasteiger partial charge in [0.25, 0.3) is 0 Å². The molecular formula is C14H12Cl2N2O3. The van der Waals surface area contributed by atoms with Crippen molar-refractivity contribution in [2.75, 3.05) is 0 Å². The lowest BCUT2D eigenvalue weighted by Crippen LogP contribution is -2.04. The van der Waals surface area contributed by atoms with Crippen molar-refractivity contribution in [3.8, 4) is 11.5 Å². The van der Waals surface area contributed by atoms with Crippen LogP contribution in [0, 0.1) is 10.1 Å². The van der Waals surface area contributed by atoms with Crippen LogP contribution in [-0.2, 0) is 0 Å². The van der Waals surface area contributed by atoms with Gasteiger partial charge in [-0.3, -0.25) is 10.1 Å². The van der Waals surface area contributed by atoms with Gasteiger partial charge < -0.3 is 10.5 Å². The van der Waals surface area contributed by atoms with E-state index in [2.05, 4.69) is 0 Å². The van der Waals surface area contributed by atoms with Crippen LogP contribution in [-0.4, -0.2) is 4.92 Å². The van der Waals surface area contributed by atoms with E-state index < -0.39 is 4.92 Å². The molecule has 2 rings (SSSR count). The normalized spacial score (nSPS) is 12.0. The summed E-state index contributed by atoms with van der Waals surface area (Å²) in [5.74, 6) is 0.476. The molecule has 0 spiro atoms. The molecule has 0 heterocycles. The van der Waals surface area contributed by atoms with E-state index in [1.165, 1.54) is 6.07 Å². The third-order valence-corrected chi connectivity index (χ3v) is 3.55. The molecule has 0 fully saturated rings. The number of hydrogen-bond acceptors (Lipinski definition) is 4. The summed E-state index contributed by atoms with van der Waals surface area (Å²) in [5, 5.41) is 11.3. The number of nitro benzene ring substituents is 1. The number of ether oxygens (including phenoxy) is 1. The first-order valence-electron chi connectivity index (χ1n) is 6.05. The SMILES string of the molecule is C[C@@H](N)c1ccc(Oc2cc(Cl)c(Cl)cc2[N+](=O)[O-])cc1. The Morgan fingerprint density at radius 1 is 1.19 bits per heavy atom. The number of hydrogen-bond donors (Lipinski definition) is 1. The second-order valence-electron chi connectivity index (χ2n) is 4.45. The lowest BCUT2D eigenvalue weighted by Gasteiger charge is -2.09. The van der Waals surface area contributed by atoms with E-state index in [0.29, 0.717) is 5.75 Å². The lowest BCUT2D eigenvalue weighted by molar-refractivity contribution is -0.385. The second-order valence-corrected chi connectivity index (χ2v) is 5.27. The van der Waals surface area contributed by atoms with Crippen LogP contribution in [0.5, 0.6) is 11.5 Å². The molecule has 21 heavy (non-hydrogen) atoms. The quantitative estimate of drug-likeness (QED) is 0.651. The maximum absolute atomic E-state index is 11.0. The number of halogens is 2. The predicted molar refractivity (Wildman–Crippen MR) is 82.2 cm³/mol. The largest absolute Gasteiger partial charge is 0.450 e. The Bertz CT molecular complexity index is 673. The number of nitrogens with zero attached hydrogens (tertiary/aromatic N) is 1. The van der Waals surface area contributed by atoms with E-state index in [1.54, 1.807) is 24.3 Å². The molecule has 1 atom stereocenters. The van der Waals surface area contributed by atoms with Crippen LogP contribution in [0.4, 0.5) is 5.69 Å². The van der Waals surface area contributed by atoms with Gasteiger partial charge in [-0.1, -0.05) is 35.3 Å². The Labute approximate surface area is 131 Å². The fourth-order valence-corrected chi connectivity index (χ4v) is 2.02. The first kappa shape index (κ1) is 15.6. The maximum Gasteiger partial charge on any atom is 0.313 e. The predicted octanol–water partition coefficient (Wildman–Crippen LogP) is 4.71. The topological polar surface area (TPSA) is 78.4 Å². The van der Waals surface area contributed by atoms with Crippen LogP contribution < -0.4 is 10.5 Å². The molecular weight excluding hydrogens is 315 g/mol. The van der Waals surface area contributed by atoms with E-state index in [1.807, 2.05) is 6.92 Å². The molecule has 7 heteroatoms. The minimum absolute atomic E-state index is 0.0305. The Balaban J connectivity index is 2.34. The summed E-state index contributed by atoms with van der Waals surface area (Å²) in [6.07, 6.45) is 0. The second kappa shape index (κ2) is 6.30. The summed E-state index contributed by atoms with van der Waals surface area (Å²) in [4.78, 5) is 10.5. The molecule has 2 N–H and O–H groups in total. The molecule has 0 saturated heterocycles. The minimum atomic E-state index is -0.576. The van der Waals surface area contributed by atoms with Crippen molar-refractivity contribution in [2.45, 2.75) is 13.0 Å². The average Bonchev–Trinajstić information content (AvgIpc) is 2.43. The monoisotopic (exact) mass is 326 g/mol. The summed E-state index contributed by atoms with van der Waals surface area (Å²) in [7, 11) is 0. The molecule has 5 nitrogen and oxygen atoms in total. The Kier molecular flexibility index (Phi) is 4.67. The van der Waals surface area contributed by atoms with E-state index >= 15 is 0 Å². The zero-order chi connectivity index (χ0) is 15.6. The van der Waals surface area contributed by atoms with Gasteiger partial charge >= 0.3 is 5.69 Å². The lowest BCUT2D eigenvalue weighted by atomic mass is 10.1. The number of rotatable bonds is 4. The Morgan fingerprint density at radius 2 is 1.76 bits per heavy atom. The average molecular weight is 327 g/mol. The van der Waals surface area contributed by atoms with Gasteiger partial charge in [-0.2, -0.15) is 0 Å². The van der Waals surface area contributed by atoms with Crippen molar-refractivity contribution >= 4 is 28.9 Å². The van der Waals surface area contributed by atoms with Gasteiger partial charge in [0, 0.05) is 18.2 Å². The molecule has 0 bridgehead atoms. The molecule has 110 valence electrons. The van der Waals surface area contributed by atoms with Crippen molar-refractivity contribution in [3.63, 3.8) is 0 Å². The molecule has 2 aromatic rings. The van der Waals surface area contributed by atoms with Gasteiger partial charge in [0.05, 0.1) is 15.0 Å².